The van der Waals surface area contributed by atoms with Gasteiger partial charge in [-0.15, -0.1) is 0 Å². The Morgan fingerprint density at radius 1 is 1.25 bits per heavy atom. The molecule has 0 fully saturated rings. The molecule has 0 aromatic heterocycles. The SMILES string of the molecule is [Fe].[Nb].[O]=[Bi]. The van der Waals surface area contributed by atoms with Gasteiger partial charge in [-0.1, -0.05) is 0 Å². The fraction of sp³-hybridized carbons (Fsp3) is 0. The second kappa shape index (κ2) is 20.4. The summed E-state index contributed by atoms with van der Waals surface area (Å²) in [6.45, 7) is 0. The molecule has 0 rings (SSSR count). The maximum atomic E-state index is 8.36. The molecule has 24 valence electrons. The molecule has 0 aromatic carbocycles. The molecule has 0 N–H and O–H groups in total. The van der Waals surface area contributed by atoms with E-state index in [9.17, 15) is 0 Å². The molecule has 0 saturated carbocycles. The van der Waals surface area contributed by atoms with Crippen molar-refractivity contribution >= 4 is 24.7 Å². The van der Waals surface area contributed by atoms with Crippen LogP contribution in [0.15, 0.2) is 0 Å². The van der Waals surface area contributed by atoms with Crippen LogP contribution < -0.4 is 0 Å². The van der Waals surface area contributed by atoms with Crippen LogP contribution in [-0.4, -0.2) is 24.7 Å². The monoisotopic (exact) mass is 374 g/mol. The van der Waals surface area contributed by atoms with E-state index in [2.05, 4.69) is 0 Å². The van der Waals surface area contributed by atoms with Gasteiger partial charge in [-0.25, -0.2) is 0 Å². The van der Waals surface area contributed by atoms with Crippen molar-refractivity contribution in [2.24, 2.45) is 0 Å². The fourth-order valence-electron chi connectivity index (χ4n) is 0. The molecule has 0 aliphatic rings. The topological polar surface area (TPSA) is 17.1 Å². The van der Waals surface area contributed by atoms with Gasteiger partial charge in [-0.3, -0.25) is 0 Å². The van der Waals surface area contributed by atoms with Crippen LogP contribution in [0.3, 0.4) is 0 Å². The van der Waals surface area contributed by atoms with Gasteiger partial charge >= 0.3 is 27.5 Å². The van der Waals surface area contributed by atoms with Gasteiger partial charge < -0.3 is 0 Å². The van der Waals surface area contributed by atoms with Crippen molar-refractivity contribution in [3.05, 3.63) is 0 Å². The molecule has 0 aliphatic carbocycles. The average Bonchev–Trinajstić information content (AvgIpc) is 1.00. The molecule has 0 aliphatic heterocycles. The van der Waals surface area contributed by atoms with Crippen LogP contribution in [0.4, 0.5) is 0 Å². The van der Waals surface area contributed by atoms with Gasteiger partial charge in [0.2, 0.25) is 0 Å². The minimum atomic E-state index is 0. The van der Waals surface area contributed by atoms with Crippen LogP contribution in [0.2, 0.25) is 0 Å². The van der Waals surface area contributed by atoms with Crippen molar-refractivity contribution in [2.45, 2.75) is 0 Å². The van der Waals surface area contributed by atoms with E-state index < -0.39 is 0 Å². The molecule has 0 spiro atoms. The molecule has 0 aromatic rings. The normalized spacial score (nSPS) is 1.00. The predicted octanol–water partition coefficient (Wildman–Crippen LogP) is -0.505. The molecule has 4 heteroatoms. The molecule has 0 atom stereocenters. The first-order valence-electron chi connectivity index (χ1n) is 0.183. The Morgan fingerprint density at radius 3 is 1.25 bits per heavy atom. The molecule has 1 nitrogen and oxygen atoms in total. The molecule has 0 bridgehead atoms. The van der Waals surface area contributed by atoms with E-state index in [1.807, 2.05) is 0 Å². The zero-order chi connectivity index (χ0) is 2.00. The van der Waals surface area contributed by atoms with E-state index in [0.29, 0.717) is 0 Å². The van der Waals surface area contributed by atoms with E-state index in [1.54, 1.807) is 0 Å². The summed E-state index contributed by atoms with van der Waals surface area (Å²) < 4.78 is 8.36. The summed E-state index contributed by atoms with van der Waals surface area (Å²) in [7, 11) is 0. The Labute approximate surface area is 66.2 Å². The van der Waals surface area contributed by atoms with Crippen LogP contribution in [0.1, 0.15) is 0 Å². The quantitative estimate of drug-likeness (QED) is 0.523. The Kier molecular flexibility index (Phi) is 85.3. The standard InChI is InChI=1S/Bi.Fe.Nb.O. The van der Waals surface area contributed by atoms with Crippen molar-refractivity contribution in [3.63, 3.8) is 0 Å². The van der Waals surface area contributed by atoms with Crippen molar-refractivity contribution < 1.29 is 42.3 Å². The summed E-state index contributed by atoms with van der Waals surface area (Å²) in [5.41, 5.74) is 0. The third-order valence-electron chi connectivity index (χ3n) is 0. The zero-order valence-electron chi connectivity index (χ0n) is 1.66. The number of hydrogen-bond donors (Lipinski definition) is 0. The molecule has 0 heterocycles. The van der Waals surface area contributed by atoms with E-state index in [-0.39, 0.29) is 64.2 Å². The summed E-state index contributed by atoms with van der Waals surface area (Å²) in [6.07, 6.45) is 0. The molecule has 0 unspecified atom stereocenters. The molecule has 2 radical (unpaired) electrons. The van der Waals surface area contributed by atoms with Crippen molar-refractivity contribution in [2.75, 3.05) is 0 Å². The van der Waals surface area contributed by atoms with Crippen LogP contribution in [0.5, 0.6) is 0 Å². The van der Waals surface area contributed by atoms with Gasteiger partial charge in [0.05, 0.1) is 0 Å². The predicted molar refractivity (Wildman–Crippen MR) is 6.44 cm³/mol. The Balaban J connectivity index is -0.00000000500. The van der Waals surface area contributed by atoms with Crippen LogP contribution in [0, 0.1) is 0 Å². The van der Waals surface area contributed by atoms with E-state index in [1.165, 1.54) is 0 Å². The van der Waals surface area contributed by atoms with Gasteiger partial charge in [-0.05, 0) is 0 Å². The summed E-state index contributed by atoms with van der Waals surface area (Å²) in [4.78, 5) is 0. The van der Waals surface area contributed by atoms with Crippen molar-refractivity contribution in [1.29, 1.82) is 0 Å². The van der Waals surface area contributed by atoms with Crippen LogP contribution in [0.25, 0.3) is 0 Å². The molecule has 0 saturated heterocycles. The third kappa shape index (κ3) is 9.05. The Morgan fingerprint density at radius 2 is 1.25 bits per heavy atom. The Hall–Kier alpha value is 1.94. The van der Waals surface area contributed by atoms with Crippen LogP contribution in [-0.2, 0) is 42.3 Å². The van der Waals surface area contributed by atoms with Gasteiger partial charge in [0.15, 0.2) is 0 Å². The van der Waals surface area contributed by atoms with Gasteiger partial charge in [-0.2, -0.15) is 0 Å². The minimum absolute atomic E-state index is 0. The summed E-state index contributed by atoms with van der Waals surface area (Å²) in [5.74, 6) is 0. The Bertz CT molecular complexity index is 8.00. The molecular formula is BiFeNbO. The number of hydrogen-bond acceptors (Lipinski definition) is 1. The first-order valence-corrected chi connectivity index (χ1v) is 1.60. The summed E-state index contributed by atoms with van der Waals surface area (Å²) >= 11 is 0.194. The second-order valence-corrected chi connectivity index (χ2v) is 0. The van der Waals surface area contributed by atoms with E-state index in [4.69, 9.17) is 2.81 Å². The van der Waals surface area contributed by atoms with Gasteiger partial charge in [0.25, 0.3) is 0 Å². The second-order valence-electron chi connectivity index (χ2n) is 0. The number of rotatable bonds is 0. The average molecular weight is 374 g/mol. The van der Waals surface area contributed by atoms with E-state index in [0.717, 1.165) is 0 Å². The zero-order valence-corrected chi connectivity index (χ0v) is 8.44. The molecule has 4 heavy (non-hydrogen) atoms. The molecule has 0 amide bonds. The molecular weight excluding hydrogens is 374 g/mol. The van der Waals surface area contributed by atoms with Crippen molar-refractivity contribution in [3.8, 4) is 0 Å². The van der Waals surface area contributed by atoms with Crippen molar-refractivity contribution in [1.82, 2.24) is 0 Å². The first kappa shape index (κ1) is 16.8. The van der Waals surface area contributed by atoms with Gasteiger partial charge in [0, 0.05) is 39.4 Å². The maximum absolute atomic E-state index is 8.36. The van der Waals surface area contributed by atoms with Crippen LogP contribution >= 0.6 is 0 Å². The summed E-state index contributed by atoms with van der Waals surface area (Å²) in [6, 6.07) is 0. The third-order valence-corrected chi connectivity index (χ3v) is 0. The summed E-state index contributed by atoms with van der Waals surface area (Å²) in [5, 5.41) is 0. The van der Waals surface area contributed by atoms with E-state index >= 15 is 0 Å². The fourth-order valence-corrected chi connectivity index (χ4v) is 0. The first-order chi connectivity index (χ1) is 1.00. The van der Waals surface area contributed by atoms with Gasteiger partial charge in [0.1, 0.15) is 0 Å².